The fourth-order valence-electron chi connectivity index (χ4n) is 0. The van der Waals surface area contributed by atoms with E-state index in [-0.39, 0.29) is 403 Å². The van der Waals surface area contributed by atoms with E-state index in [0.717, 1.165) is 0 Å². The Morgan fingerprint density at radius 3 is 0.120 bits per heavy atom. The van der Waals surface area contributed by atoms with Crippen molar-refractivity contribution >= 4 is 248 Å². The Bertz CT molecular complexity index is 37.5. The predicted molar refractivity (Wildman–Crippen MR) is 151 cm³/mol. The van der Waals surface area contributed by atoms with Crippen molar-refractivity contribution in [3.8, 4) is 0 Å². The van der Waals surface area contributed by atoms with Crippen molar-refractivity contribution in [1.82, 2.24) is 0 Å². The third-order valence-corrected chi connectivity index (χ3v) is 0. The van der Waals surface area contributed by atoms with Crippen LogP contribution in [0.5, 0.6) is 0 Å². The predicted octanol–water partition coefficient (Wildman–Crippen LogP) is -5.98. The van der Waals surface area contributed by atoms with Crippen molar-refractivity contribution in [1.29, 1.82) is 0 Å². The molecule has 0 spiro atoms. The second-order valence-corrected chi connectivity index (χ2v) is 0. The summed E-state index contributed by atoms with van der Waals surface area (Å²) in [5, 5.41) is 0. The summed E-state index contributed by atoms with van der Waals surface area (Å²) < 4.78 is 0. The summed E-state index contributed by atoms with van der Waals surface area (Å²) in [6.45, 7) is 0. The van der Waals surface area contributed by atoms with E-state index in [2.05, 4.69) is 0 Å². The maximum Gasteiger partial charge on any atom is 1.00 e. The standard InChI is InChI=1S/20ClH.5Na.5H/h20*1H;;;;;;;;;;/q;;;;;;;;;;;;;;;;;;;;5*+1;5*-1. The maximum atomic E-state index is 0. The average Bonchev–Trinajstić information content (AvgIpc) is 0. The van der Waals surface area contributed by atoms with Gasteiger partial charge in [-0.3, -0.25) is 0 Å². The summed E-state index contributed by atoms with van der Waals surface area (Å²) in [5.74, 6) is 0. The van der Waals surface area contributed by atoms with E-state index >= 15 is 0 Å². The van der Waals surface area contributed by atoms with E-state index in [0.29, 0.717) is 0 Å². The molecule has 0 aromatic heterocycles. The summed E-state index contributed by atoms with van der Waals surface area (Å²) in [4.78, 5) is 0. The fourth-order valence-corrected chi connectivity index (χ4v) is 0. The van der Waals surface area contributed by atoms with Gasteiger partial charge in [-0.2, -0.15) is 0 Å². The van der Waals surface area contributed by atoms with Gasteiger partial charge in [0.2, 0.25) is 0 Å². The van der Waals surface area contributed by atoms with Crippen LogP contribution in [0.15, 0.2) is 0 Å². The minimum atomic E-state index is 0. The van der Waals surface area contributed by atoms with Gasteiger partial charge < -0.3 is 7.13 Å². The molecule has 0 aliphatic heterocycles. The molecule has 0 atom stereocenters. The Hall–Kier alpha value is 10.8. The first-order valence-corrected chi connectivity index (χ1v) is 0. The zero-order chi connectivity index (χ0) is 0. The van der Waals surface area contributed by atoms with Crippen LogP contribution in [-0.2, 0) is 0 Å². The minimum Gasteiger partial charge on any atom is -1.00 e. The topological polar surface area (TPSA) is 0 Å². The molecular formula is H25Cl20Na5. The molecule has 0 fully saturated rings. The average molecular weight is 849 g/mol. The number of hydrogen-bond acceptors (Lipinski definition) is 0. The molecule has 25 heteroatoms. The second-order valence-electron chi connectivity index (χ2n) is 0. The van der Waals surface area contributed by atoms with Crippen LogP contribution in [0, 0.1) is 0 Å². The molecule has 0 amide bonds. The van der Waals surface area contributed by atoms with Gasteiger partial charge >= 0.3 is 148 Å². The first kappa shape index (κ1) is 372. The molecule has 0 aromatic carbocycles. The summed E-state index contributed by atoms with van der Waals surface area (Å²) in [7, 11) is 0. The molecule has 0 N–H and O–H groups in total. The molecule has 0 aliphatic carbocycles. The van der Waals surface area contributed by atoms with Crippen LogP contribution in [0.1, 0.15) is 7.13 Å². The van der Waals surface area contributed by atoms with Gasteiger partial charge in [0, 0.05) is 0 Å². The van der Waals surface area contributed by atoms with Crippen molar-refractivity contribution in [2.24, 2.45) is 0 Å². The molecule has 170 valence electrons. The van der Waals surface area contributed by atoms with Crippen LogP contribution in [0.2, 0.25) is 0 Å². The van der Waals surface area contributed by atoms with Gasteiger partial charge in [0.25, 0.3) is 0 Å². The van der Waals surface area contributed by atoms with Crippen molar-refractivity contribution in [3.05, 3.63) is 0 Å². The summed E-state index contributed by atoms with van der Waals surface area (Å²) in [5.41, 5.74) is 0. The molecule has 0 nitrogen and oxygen atoms in total. The van der Waals surface area contributed by atoms with E-state index in [1.807, 2.05) is 0 Å². The van der Waals surface area contributed by atoms with Gasteiger partial charge in [-0.15, -0.1) is 248 Å². The molecule has 0 unspecified atom stereocenters. The van der Waals surface area contributed by atoms with Crippen molar-refractivity contribution in [2.75, 3.05) is 0 Å². The molecule has 0 saturated heterocycles. The quantitative estimate of drug-likeness (QED) is 0.214. The van der Waals surface area contributed by atoms with Crippen molar-refractivity contribution < 1.29 is 155 Å². The molecule has 0 aromatic rings. The van der Waals surface area contributed by atoms with Gasteiger partial charge in [-0.05, 0) is 0 Å². The second kappa shape index (κ2) is 341. The maximum absolute atomic E-state index is 0. The first-order valence-electron chi connectivity index (χ1n) is 0. The zero-order valence-corrected chi connectivity index (χ0v) is 39.5. The van der Waals surface area contributed by atoms with Crippen LogP contribution < -0.4 is 148 Å². The molecular weight excluding hydrogens is 824 g/mol. The summed E-state index contributed by atoms with van der Waals surface area (Å²) in [6, 6.07) is 0. The Balaban J connectivity index is 0. The van der Waals surface area contributed by atoms with E-state index in [1.54, 1.807) is 0 Å². The van der Waals surface area contributed by atoms with Gasteiger partial charge in [0.1, 0.15) is 0 Å². The minimum absolute atomic E-state index is 0. The van der Waals surface area contributed by atoms with Crippen molar-refractivity contribution in [2.45, 2.75) is 0 Å². The fraction of sp³-hybridized carbons (Fsp3) is 0. The van der Waals surface area contributed by atoms with Crippen molar-refractivity contribution in [3.63, 3.8) is 0 Å². The van der Waals surface area contributed by atoms with Crippen LogP contribution in [0.25, 0.3) is 0 Å². The number of rotatable bonds is 0. The largest absolute Gasteiger partial charge is 1.00 e. The van der Waals surface area contributed by atoms with Crippen LogP contribution in [0.4, 0.5) is 0 Å². The monoisotopic (exact) mass is 840 g/mol. The van der Waals surface area contributed by atoms with Gasteiger partial charge in [0.05, 0.1) is 0 Å². The normalized spacial score (nSPS) is 0. The summed E-state index contributed by atoms with van der Waals surface area (Å²) in [6.07, 6.45) is 0. The van der Waals surface area contributed by atoms with Crippen LogP contribution >= 0.6 is 248 Å². The first-order chi connectivity index (χ1) is 0. The molecule has 0 bridgehead atoms. The molecule has 0 radical (unpaired) electrons. The molecule has 25 heavy (non-hydrogen) atoms. The smallest absolute Gasteiger partial charge is 1.00 e. The zero-order valence-electron chi connectivity index (χ0n) is 18.2. The van der Waals surface area contributed by atoms with E-state index in [9.17, 15) is 0 Å². The van der Waals surface area contributed by atoms with E-state index < -0.39 is 0 Å². The van der Waals surface area contributed by atoms with Gasteiger partial charge in [0.15, 0.2) is 0 Å². The molecule has 0 rings (SSSR count). The molecule has 0 aliphatic rings. The Morgan fingerprint density at radius 2 is 0.120 bits per heavy atom. The summed E-state index contributed by atoms with van der Waals surface area (Å²) >= 11 is 0. The van der Waals surface area contributed by atoms with E-state index in [4.69, 9.17) is 0 Å². The Labute approximate surface area is 394 Å². The van der Waals surface area contributed by atoms with Gasteiger partial charge in [-0.25, -0.2) is 0 Å². The third-order valence-electron chi connectivity index (χ3n) is 0. The number of hydrogen-bond donors (Lipinski definition) is 0. The third kappa shape index (κ3) is 321. The Kier molecular flexibility index (Phi) is 5070. The number of halogens is 20. The van der Waals surface area contributed by atoms with E-state index in [1.165, 1.54) is 0 Å². The molecule has 0 heterocycles. The van der Waals surface area contributed by atoms with Crippen LogP contribution in [0.3, 0.4) is 0 Å². The Morgan fingerprint density at radius 1 is 0.120 bits per heavy atom. The van der Waals surface area contributed by atoms with Gasteiger partial charge in [-0.1, -0.05) is 0 Å². The SMILES string of the molecule is Cl.Cl.Cl.Cl.Cl.Cl.Cl.Cl.Cl.Cl.Cl.Cl.Cl.Cl.Cl.Cl.Cl.Cl.Cl.Cl.[H-].[H-].[H-].[H-].[H-].[Na+].[Na+].[Na+].[Na+].[Na+]. The molecule has 0 saturated carbocycles. The van der Waals surface area contributed by atoms with Crippen LogP contribution in [-0.4, -0.2) is 0 Å².